The summed E-state index contributed by atoms with van der Waals surface area (Å²) in [6.45, 7) is 2.75. The predicted molar refractivity (Wildman–Crippen MR) is 65.2 cm³/mol. The molecule has 1 aromatic carbocycles. The van der Waals surface area contributed by atoms with E-state index in [0.717, 1.165) is 0 Å². The lowest BCUT2D eigenvalue weighted by atomic mass is 10.1. The average Bonchev–Trinajstić information content (AvgIpc) is 2.27. The molecule has 2 N–H and O–H groups in total. The number of aliphatic carboxylic acids is 1. The number of para-hydroxylation sites is 1. The van der Waals surface area contributed by atoms with Crippen LogP contribution in [0.4, 0.5) is 5.69 Å². The molecular formula is C11H15NO4S. The molecule has 0 radical (unpaired) electrons. The fraction of sp³-hybridized carbons (Fsp3) is 0.364. The molecule has 94 valence electrons. The summed E-state index contributed by atoms with van der Waals surface area (Å²) in [5.74, 6) is -2.09. The highest BCUT2D eigenvalue weighted by Gasteiger charge is 2.30. The third kappa shape index (κ3) is 3.45. The number of carboxylic acids is 1. The first-order valence-corrected chi connectivity index (χ1v) is 6.68. The van der Waals surface area contributed by atoms with Gasteiger partial charge >= 0.3 is 5.97 Å². The molecule has 0 aliphatic heterocycles. The minimum atomic E-state index is -3.69. The second-order valence-electron chi connectivity index (χ2n) is 3.85. The minimum Gasteiger partial charge on any atom is -0.481 e. The molecular weight excluding hydrogens is 242 g/mol. The Balaban J connectivity index is 2.86. The molecule has 0 fully saturated rings. The molecule has 5 nitrogen and oxygen atoms in total. The van der Waals surface area contributed by atoms with E-state index in [9.17, 15) is 13.2 Å². The smallest absolute Gasteiger partial charge is 0.307 e. The number of anilines is 1. The van der Waals surface area contributed by atoms with E-state index in [1.165, 1.54) is 13.8 Å². The van der Waals surface area contributed by atoms with E-state index < -0.39 is 27.2 Å². The summed E-state index contributed by atoms with van der Waals surface area (Å²) in [5, 5.41) is 7.79. The number of carbonyl (C=O) groups is 1. The van der Waals surface area contributed by atoms with Gasteiger partial charge in [0.25, 0.3) is 0 Å². The van der Waals surface area contributed by atoms with Crippen molar-refractivity contribution in [3.8, 4) is 0 Å². The van der Waals surface area contributed by atoms with E-state index >= 15 is 0 Å². The van der Waals surface area contributed by atoms with Gasteiger partial charge in [0.2, 0.25) is 10.0 Å². The Hall–Kier alpha value is -1.56. The van der Waals surface area contributed by atoms with Crippen molar-refractivity contribution in [2.75, 3.05) is 4.72 Å². The van der Waals surface area contributed by atoms with Gasteiger partial charge in [-0.05, 0) is 19.1 Å². The fourth-order valence-corrected chi connectivity index (χ4v) is 2.54. The number of benzene rings is 1. The largest absolute Gasteiger partial charge is 0.481 e. The first-order valence-electron chi connectivity index (χ1n) is 5.14. The molecule has 0 amide bonds. The van der Waals surface area contributed by atoms with Crippen molar-refractivity contribution in [3.05, 3.63) is 30.3 Å². The van der Waals surface area contributed by atoms with Gasteiger partial charge in [-0.3, -0.25) is 9.52 Å². The molecule has 1 aromatic rings. The van der Waals surface area contributed by atoms with Crippen LogP contribution in [0.5, 0.6) is 0 Å². The third-order valence-electron chi connectivity index (χ3n) is 2.62. The predicted octanol–water partition coefficient (Wildman–Crippen LogP) is 1.54. The highest BCUT2D eigenvalue weighted by Crippen LogP contribution is 2.16. The van der Waals surface area contributed by atoms with Crippen molar-refractivity contribution in [2.45, 2.75) is 19.1 Å². The summed E-state index contributed by atoms with van der Waals surface area (Å²) in [6.07, 6.45) is 0. The van der Waals surface area contributed by atoms with Crippen LogP contribution >= 0.6 is 0 Å². The molecule has 1 rings (SSSR count). The first kappa shape index (κ1) is 13.5. The maximum Gasteiger partial charge on any atom is 0.307 e. The summed E-state index contributed by atoms with van der Waals surface area (Å²) in [4.78, 5) is 10.7. The van der Waals surface area contributed by atoms with Crippen LogP contribution in [-0.2, 0) is 14.8 Å². The summed E-state index contributed by atoms with van der Waals surface area (Å²) in [5.41, 5.74) is 0.428. The Labute approximate surface area is 101 Å². The SMILES string of the molecule is CC([C@@H](C)C(=O)O)S(=O)(=O)Nc1ccccc1. The van der Waals surface area contributed by atoms with Gasteiger partial charge in [0.05, 0.1) is 11.2 Å². The van der Waals surface area contributed by atoms with E-state index in [-0.39, 0.29) is 0 Å². The van der Waals surface area contributed by atoms with Gasteiger partial charge in [-0.15, -0.1) is 0 Å². The highest BCUT2D eigenvalue weighted by atomic mass is 32.2. The van der Waals surface area contributed by atoms with E-state index in [4.69, 9.17) is 5.11 Å². The molecule has 0 aliphatic rings. The van der Waals surface area contributed by atoms with Crippen LogP contribution in [-0.4, -0.2) is 24.7 Å². The molecule has 17 heavy (non-hydrogen) atoms. The molecule has 0 saturated heterocycles. The highest BCUT2D eigenvalue weighted by molar-refractivity contribution is 7.93. The Kier molecular flexibility index (Phi) is 4.11. The third-order valence-corrected chi connectivity index (χ3v) is 4.52. The Morgan fingerprint density at radius 3 is 2.24 bits per heavy atom. The summed E-state index contributed by atoms with van der Waals surface area (Å²) in [7, 11) is -3.69. The molecule has 0 spiro atoms. The molecule has 6 heteroatoms. The van der Waals surface area contributed by atoms with Crippen molar-refractivity contribution < 1.29 is 18.3 Å². The number of nitrogens with one attached hydrogen (secondary N) is 1. The van der Waals surface area contributed by atoms with E-state index in [1.807, 2.05) is 0 Å². The van der Waals surface area contributed by atoms with Crippen molar-refractivity contribution >= 4 is 21.7 Å². The van der Waals surface area contributed by atoms with Crippen molar-refractivity contribution in [3.63, 3.8) is 0 Å². The molecule has 0 aromatic heterocycles. The van der Waals surface area contributed by atoms with Crippen LogP contribution in [0.15, 0.2) is 30.3 Å². The molecule has 2 atom stereocenters. The zero-order valence-electron chi connectivity index (χ0n) is 9.62. The van der Waals surface area contributed by atoms with Crippen molar-refractivity contribution in [1.82, 2.24) is 0 Å². The van der Waals surface area contributed by atoms with Crippen LogP contribution in [0, 0.1) is 5.92 Å². The van der Waals surface area contributed by atoms with Gasteiger partial charge in [0, 0.05) is 5.69 Å². The monoisotopic (exact) mass is 257 g/mol. The number of sulfonamides is 1. The summed E-state index contributed by atoms with van der Waals surface area (Å²) in [6, 6.07) is 8.37. The number of carboxylic acid groups (broad SMARTS) is 1. The molecule has 0 aliphatic carbocycles. The van der Waals surface area contributed by atoms with Gasteiger partial charge in [-0.2, -0.15) is 0 Å². The van der Waals surface area contributed by atoms with Crippen LogP contribution in [0.3, 0.4) is 0 Å². The van der Waals surface area contributed by atoms with E-state index in [0.29, 0.717) is 5.69 Å². The molecule has 0 bridgehead atoms. The lowest BCUT2D eigenvalue weighted by Crippen LogP contribution is -2.34. The van der Waals surface area contributed by atoms with Crippen LogP contribution < -0.4 is 4.72 Å². The van der Waals surface area contributed by atoms with Gasteiger partial charge in [0.1, 0.15) is 0 Å². The minimum absolute atomic E-state index is 0.428. The van der Waals surface area contributed by atoms with Crippen molar-refractivity contribution in [1.29, 1.82) is 0 Å². The summed E-state index contributed by atoms with van der Waals surface area (Å²) < 4.78 is 26.1. The second kappa shape index (κ2) is 5.18. The van der Waals surface area contributed by atoms with Crippen LogP contribution in [0.2, 0.25) is 0 Å². The Bertz CT molecular complexity index is 483. The quantitative estimate of drug-likeness (QED) is 0.838. The summed E-state index contributed by atoms with van der Waals surface area (Å²) >= 11 is 0. The second-order valence-corrected chi connectivity index (χ2v) is 5.88. The Morgan fingerprint density at radius 2 is 1.76 bits per heavy atom. The van der Waals surface area contributed by atoms with E-state index in [2.05, 4.69) is 4.72 Å². The Morgan fingerprint density at radius 1 is 1.24 bits per heavy atom. The maximum atomic E-state index is 11.9. The standard InChI is InChI=1S/C11H15NO4S/c1-8(11(13)14)9(2)17(15,16)12-10-6-4-3-5-7-10/h3-9,12H,1-2H3,(H,13,14)/t8-,9?/m1/s1. The van der Waals surface area contributed by atoms with Crippen molar-refractivity contribution in [2.24, 2.45) is 5.92 Å². The average molecular weight is 257 g/mol. The maximum absolute atomic E-state index is 11.9. The lowest BCUT2D eigenvalue weighted by Gasteiger charge is -2.17. The number of hydrogen-bond acceptors (Lipinski definition) is 3. The van der Waals surface area contributed by atoms with Gasteiger partial charge < -0.3 is 5.11 Å². The van der Waals surface area contributed by atoms with Crippen LogP contribution in [0.1, 0.15) is 13.8 Å². The fourth-order valence-electron chi connectivity index (χ4n) is 1.23. The van der Waals surface area contributed by atoms with Crippen LogP contribution in [0.25, 0.3) is 0 Å². The molecule has 0 saturated carbocycles. The van der Waals surface area contributed by atoms with Gasteiger partial charge in [-0.1, -0.05) is 25.1 Å². The zero-order chi connectivity index (χ0) is 13.1. The topological polar surface area (TPSA) is 83.5 Å². The van der Waals surface area contributed by atoms with Gasteiger partial charge in [-0.25, -0.2) is 8.42 Å². The zero-order valence-corrected chi connectivity index (χ0v) is 10.4. The van der Waals surface area contributed by atoms with E-state index in [1.54, 1.807) is 30.3 Å². The molecule has 0 heterocycles. The number of rotatable bonds is 5. The lowest BCUT2D eigenvalue weighted by molar-refractivity contribution is -0.141. The number of hydrogen-bond donors (Lipinski definition) is 2. The molecule has 1 unspecified atom stereocenters. The first-order chi connectivity index (χ1) is 7.84. The van der Waals surface area contributed by atoms with Gasteiger partial charge in [0.15, 0.2) is 0 Å². The normalized spacial score (nSPS) is 14.9.